The highest BCUT2D eigenvalue weighted by Crippen LogP contribution is 2.32. The molecule has 0 fully saturated rings. The third-order valence-electron chi connectivity index (χ3n) is 8.64. The molecule has 0 bridgehead atoms. The highest BCUT2D eigenvalue weighted by atomic mass is 16.3. The molecule has 0 atom stereocenters. The van der Waals surface area contributed by atoms with E-state index in [1.807, 2.05) is 48.5 Å². The quantitative estimate of drug-likeness (QED) is 0.154. The van der Waals surface area contributed by atoms with Crippen LogP contribution in [0, 0.1) is 0 Å². The van der Waals surface area contributed by atoms with Gasteiger partial charge in [0.05, 0.1) is 16.2 Å². The Morgan fingerprint density at radius 3 is 1.45 bits per heavy atom. The van der Waals surface area contributed by atoms with Crippen molar-refractivity contribution in [2.45, 2.75) is 0 Å². The zero-order valence-corrected chi connectivity index (χ0v) is 23.3. The third kappa shape index (κ3) is 3.71. The molecule has 4 nitrogen and oxygen atoms in total. The fraction of sp³-hybridized carbons (Fsp3) is 0. The second-order valence-electron chi connectivity index (χ2n) is 11.2. The molecule has 2 heterocycles. The molecule has 0 unspecified atom stereocenters. The van der Waals surface area contributed by atoms with Crippen molar-refractivity contribution in [1.82, 2.24) is 0 Å². The number of rotatable bonds is 2. The predicted octanol–water partition coefficient (Wildman–Crippen LogP) is 9.85. The fourth-order valence-corrected chi connectivity index (χ4v) is 6.34. The molecule has 9 rings (SSSR count). The van der Waals surface area contributed by atoms with Gasteiger partial charge in [0.1, 0.15) is 22.1 Å². The van der Waals surface area contributed by atoms with E-state index in [-0.39, 0.29) is 21.8 Å². The molecule has 0 radical (unpaired) electrons. The minimum atomic E-state index is -0.231. The lowest BCUT2D eigenvalue weighted by Crippen LogP contribution is -2.07. The van der Waals surface area contributed by atoms with Crippen molar-refractivity contribution < 1.29 is 8.83 Å². The molecule has 0 spiro atoms. The number of benzene rings is 7. The van der Waals surface area contributed by atoms with Gasteiger partial charge in [-0.15, -0.1) is 0 Å². The van der Waals surface area contributed by atoms with E-state index in [0.29, 0.717) is 32.9 Å². The molecule has 0 N–H and O–H groups in total. The average molecular weight is 567 g/mol. The third-order valence-corrected chi connectivity index (χ3v) is 8.64. The lowest BCUT2D eigenvalue weighted by molar-refractivity contribution is 0.649. The van der Waals surface area contributed by atoms with Crippen LogP contribution in [-0.4, -0.2) is 0 Å². The van der Waals surface area contributed by atoms with Crippen molar-refractivity contribution in [3.8, 4) is 22.3 Å². The Hall–Kier alpha value is -6.00. The molecule has 0 aliphatic carbocycles. The molecular formula is C40H22O4. The van der Waals surface area contributed by atoms with Crippen LogP contribution in [0.15, 0.2) is 152 Å². The van der Waals surface area contributed by atoms with E-state index in [2.05, 4.69) is 60.7 Å². The van der Waals surface area contributed by atoms with Crippen molar-refractivity contribution in [3.05, 3.63) is 154 Å². The SMILES string of the molecule is O=c1c2ccc(-c3ccc4ccccc4c3)cc2oc2c1ccc1oc3cc(-c4ccc5ccccc5c4)ccc3c(=O)c12. The zero-order chi connectivity index (χ0) is 29.4. The van der Waals surface area contributed by atoms with E-state index in [1.165, 1.54) is 5.39 Å². The Morgan fingerprint density at radius 1 is 0.364 bits per heavy atom. The molecule has 0 aliphatic heterocycles. The first-order valence-corrected chi connectivity index (χ1v) is 14.5. The first-order valence-electron chi connectivity index (χ1n) is 14.5. The van der Waals surface area contributed by atoms with Crippen LogP contribution in [0.2, 0.25) is 0 Å². The van der Waals surface area contributed by atoms with Gasteiger partial charge in [0.15, 0.2) is 5.58 Å². The van der Waals surface area contributed by atoms with Crippen molar-refractivity contribution in [3.63, 3.8) is 0 Å². The zero-order valence-electron chi connectivity index (χ0n) is 23.3. The highest BCUT2D eigenvalue weighted by Gasteiger charge is 2.17. The number of hydrogen-bond acceptors (Lipinski definition) is 4. The topological polar surface area (TPSA) is 60.4 Å². The van der Waals surface area contributed by atoms with Gasteiger partial charge in [-0.25, -0.2) is 0 Å². The van der Waals surface area contributed by atoms with E-state index >= 15 is 0 Å². The maximum absolute atomic E-state index is 14.0. The Morgan fingerprint density at radius 2 is 0.841 bits per heavy atom. The monoisotopic (exact) mass is 566 g/mol. The van der Waals surface area contributed by atoms with Gasteiger partial charge in [-0.3, -0.25) is 9.59 Å². The molecule has 0 aliphatic rings. The summed E-state index contributed by atoms with van der Waals surface area (Å²) < 4.78 is 12.7. The van der Waals surface area contributed by atoms with Crippen LogP contribution >= 0.6 is 0 Å². The summed E-state index contributed by atoms with van der Waals surface area (Å²) in [5, 5.41) is 6.11. The Labute approximate surface area is 250 Å². The molecule has 7 aromatic carbocycles. The molecule has 206 valence electrons. The summed E-state index contributed by atoms with van der Waals surface area (Å²) in [5.41, 5.74) is 5.02. The molecule has 0 amide bonds. The van der Waals surface area contributed by atoms with Crippen LogP contribution in [0.1, 0.15) is 0 Å². The van der Waals surface area contributed by atoms with Crippen molar-refractivity contribution in [2.75, 3.05) is 0 Å². The summed E-state index contributed by atoms with van der Waals surface area (Å²) >= 11 is 0. The van der Waals surface area contributed by atoms with Crippen molar-refractivity contribution >= 4 is 65.4 Å². The van der Waals surface area contributed by atoms with Gasteiger partial charge in [-0.1, -0.05) is 84.9 Å². The van der Waals surface area contributed by atoms with Crippen LogP contribution in [0.5, 0.6) is 0 Å². The van der Waals surface area contributed by atoms with Gasteiger partial charge in [0.25, 0.3) is 0 Å². The summed E-state index contributed by atoms with van der Waals surface area (Å²) in [5.74, 6) is 0. The van der Waals surface area contributed by atoms with E-state index in [1.54, 1.807) is 24.3 Å². The first-order chi connectivity index (χ1) is 21.6. The second kappa shape index (κ2) is 9.25. The minimum Gasteiger partial charge on any atom is -0.456 e. The van der Waals surface area contributed by atoms with Gasteiger partial charge in [-0.2, -0.15) is 0 Å². The summed E-state index contributed by atoms with van der Waals surface area (Å²) in [4.78, 5) is 27.6. The minimum absolute atomic E-state index is 0.181. The highest BCUT2D eigenvalue weighted by molar-refractivity contribution is 6.08. The summed E-state index contributed by atoms with van der Waals surface area (Å²) in [6, 6.07) is 43.6. The van der Waals surface area contributed by atoms with Gasteiger partial charge in [-0.05, 0) is 92.3 Å². The maximum Gasteiger partial charge on any atom is 0.204 e. The van der Waals surface area contributed by atoms with E-state index < -0.39 is 0 Å². The molecule has 0 saturated heterocycles. The van der Waals surface area contributed by atoms with Gasteiger partial charge in [0.2, 0.25) is 10.9 Å². The van der Waals surface area contributed by atoms with Crippen LogP contribution in [0.4, 0.5) is 0 Å². The van der Waals surface area contributed by atoms with Crippen LogP contribution in [0.25, 0.3) is 87.7 Å². The van der Waals surface area contributed by atoms with Crippen molar-refractivity contribution in [2.24, 2.45) is 0 Å². The van der Waals surface area contributed by atoms with Crippen molar-refractivity contribution in [1.29, 1.82) is 0 Å². The Bertz CT molecular complexity index is 2770. The smallest absolute Gasteiger partial charge is 0.204 e. The molecule has 44 heavy (non-hydrogen) atoms. The fourth-order valence-electron chi connectivity index (χ4n) is 6.34. The first kappa shape index (κ1) is 24.6. The molecule has 4 heteroatoms. The van der Waals surface area contributed by atoms with Crippen LogP contribution < -0.4 is 10.9 Å². The maximum atomic E-state index is 14.0. The largest absolute Gasteiger partial charge is 0.456 e. The van der Waals surface area contributed by atoms with Gasteiger partial charge < -0.3 is 8.83 Å². The van der Waals surface area contributed by atoms with Gasteiger partial charge in [0, 0.05) is 0 Å². The normalized spacial score (nSPS) is 11.8. The average Bonchev–Trinajstić information content (AvgIpc) is 3.07. The Balaban J connectivity index is 1.23. The second-order valence-corrected chi connectivity index (χ2v) is 11.2. The van der Waals surface area contributed by atoms with E-state index in [0.717, 1.165) is 38.4 Å². The Kier molecular flexibility index (Phi) is 5.17. The van der Waals surface area contributed by atoms with E-state index in [4.69, 9.17) is 8.83 Å². The molecule has 9 aromatic rings. The molecule has 0 saturated carbocycles. The lowest BCUT2D eigenvalue weighted by Gasteiger charge is -2.09. The van der Waals surface area contributed by atoms with Crippen LogP contribution in [0.3, 0.4) is 0 Å². The number of fused-ring (bicyclic) bond motifs is 7. The van der Waals surface area contributed by atoms with Gasteiger partial charge >= 0.3 is 0 Å². The van der Waals surface area contributed by atoms with E-state index in [9.17, 15) is 9.59 Å². The summed E-state index contributed by atoms with van der Waals surface area (Å²) in [6.45, 7) is 0. The molecular weight excluding hydrogens is 544 g/mol. The lowest BCUT2D eigenvalue weighted by atomic mass is 9.99. The number of hydrogen-bond donors (Lipinski definition) is 0. The molecule has 2 aromatic heterocycles. The summed E-state index contributed by atoms with van der Waals surface area (Å²) in [6.07, 6.45) is 0. The summed E-state index contributed by atoms with van der Waals surface area (Å²) in [7, 11) is 0. The predicted molar refractivity (Wildman–Crippen MR) is 179 cm³/mol. The van der Waals surface area contributed by atoms with Crippen LogP contribution in [-0.2, 0) is 0 Å². The standard InChI is InChI=1S/C40H22O4/c41-38-31-15-13-30(28-12-10-24-6-2-4-8-26(24)20-28)22-36(31)44-40-33(38)17-18-34-37(40)39(42)32-16-14-29(21-35(32)43-34)27-11-9-23-5-1-3-7-25(23)19-27/h1-22H.